The molecule has 3 aromatic rings. The summed E-state index contributed by atoms with van der Waals surface area (Å²) in [6.45, 7) is -0.366. The molecule has 1 aliphatic heterocycles. The lowest BCUT2D eigenvalue weighted by atomic mass is 10.0. The number of anilines is 1. The molecular weight excluding hydrogens is 441 g/mol. The molecule has 0 fully saturated rings. The minimum absolute atomic E-state index is 0.0927. The smallest absolute Gasteiger partial charge is 0.276 e. The molecule has 158 valence electrons. The van der Waals surface area contributed by atoms with Crippen LogP contribution in [-0.4, -0.2) is 28.5 Å². The van der Waals surface area contributed by atoms with Crippen molar-refractivity contribution in [1.82, 2.24) is 10.4 Å². The van der Waals surface area contributed by atoms with Gasteiger partial charge in [0, 0.05) is 10.7 Å². The lowest BCUT2D eigenvalue weighted by molar-refractivity contribution is -0.127. The van der Waals surface area contributed by atoms with Crippen LogP contribution in [0.3, 0.4) is 0 Å². The molecule has 3 aromatic carbocycles. The van der Waals surface area contributed by atoms with Gasteiger partial charge in [0.2, 0.25) is 0 Å². The maximum Gasteiger partial charge on any atom is 0.276 e. The Bertz CT molecular complexity index is 1140. The lowest BCUT2D eigenvalue weighted by Gasteiger charge is -2.37. The molecule has 0 radical (unpaired) electrons. The van der Waals surface area contributed by atoms with E-state index in [2.05, 4.69) is 10.7 Å². The van der Waals surface area contributed by atoms with Crippen molar-refractivity contribution in [1.29, 1.82) is 0 Å². The number of amides is 2. The van der Waals surface area contributed by atoms with Crippen LogP contribution in [0.25, 0.3) is 0 Å². The summed E-state index contributed by atoms with van der Waals surface area (Å²) in [5.41, 5.74) is 4.32. The SMILES string of the molecule is O=C(COc1ccc(Cl)cc1Cl)NN1C(=O)c2ccccc2NC1c1ccc(O)cc1. The number of aromatic hydroxyl groups is 1. The van der Waals surface area contributed by atoms with Crippen molar-refractivity contribution >= 4 is 40.7 Å². The van der Waals surface area contributed by atoms with Gasteiger partial charge in [0.1, 0.15) is 17.7 Å². The first-order chi connectivity index (χ1) is 14.9. The van der Waals surface area contributed by atoms with E-state index in [1.807, 2.05) is 6.07 Å². The molecule has 0 bridgehead atoms. The molecular formula is C22H17Cl2N3O4. The maximum atomic E-state index is 13.1. The highest BCUT2D eigenvalue weighted by atomic mass is 35.5. The second kappa shape index (κ2) is 8.75. The number of nitrogens with one attached hydrogen (secondary N) is 2. The first-order valence-corrected chi connectivity index (χ1v) is 10.0. The summed E-state index contributed by atoms with van der Waals surface area (Å²) in [4.78, 5) is 25.7. The van der Waals surface area contributed by atoms with Crippen LogP contribution in [0.1, 0.15) is 22.1 Å². The van der Waals surface area contributed by atoms with E-state index in [1.54, 1.807) is 42.5 Å². The third kappa shape index (κ3) is 4.52. The van der Waals surface area contributed by atoms with Gasteiger partial charge >= 0.3 is 0 Å². The number of hydrogen-bond acceptors (Lipinski definition) is 5. The van der Waals surface area contributed by atoms with Crippen molar-refractivity contribution in [2.24, 2.45) is 0 Å². The third-order valence-electron chi connectivity index (χ3n) is 4.63. The molecule has 1 aliphatic rings. The minimum Gasteiger partial charge on any atom is -0.508 e. The normalized spacial score (nSPS) is 15.1. The number of phenols is 1. The summed E-state index contributed by atoms with van der Waals surface area (Å²) in [7, 11) is 0. The van der Waals surface area contributed by atoms with Gasteiger partial charge < -0.3 is 15.2 Å². The monoisotopic (exact) mass is 457 g/mol. The van der Waals surface area contributed by atoms with E-state index in [0.717, 1.165) is 0 Å². The van der Waals surface area contributed by atoms with E-state index in [0.29, 0.717) is 27.6 Å². The summed E-state index contributed by atoms with van der Waals surface area (Å²) >= 11 is 11.9. The topological polar surface area (TPSA) is 90.9 Å². The number of hydrazine groups is 1. The largest absolute Gasteiger partial charge is 0.508 e. The summed E-state index contributed by atoms with van der Waals surface area (Å²) in [6.07, 6.45) is -0.689. The molecule has 9 heteroatoms. The number of benzene rings is 3. The molecule has 4 rings (SSSR count). The van der Waals surface area contributed by atoms with Crippen LogP contribution in [0.2, 0.25) is 10.0 Å². The number of hydrogen-bond donors (Lipinski definition) is 3. The zero-order valence-electron chi connectivity index (χ0n) is 16.0. The van der Waals surface area contributed by atoms with Crippen LogP contribution >= 0.6 is 23.2 Å². The molecule has 31 heavy (non-hydrogen) atoms. The second-order valence-corrected chi connectivity index (χ2v) is 7.60. The van der Waals surface area contributed by atoms with Gasteiger partial charge in [0.15, 0.2) is 6.61 Å². The number of ether oxygens (including phenoxy) is 1. The van der Waals surface area contributed by atoms with E-state index in [-0.39, 0.29) is 23.3 Å². The third-order valence-corrected chi connectivity index (χ3v) is 5.16. The minimum atomic E-state index is -0.689. The predicted molar refractivity (Wildman–Crippen MR) is 117 cm³/mol. The molecule has 0 aliphatic carbocycles. The van der Waals surface area contributed by atoms with E-state index in [4.69, 9.17) is 27.9 Å². The highest BCUT2D eigenvalue weighted by molar-refractivity contribution is 6.35. The van der Waals surface area contributed by atoms with E-state index < -0.39 is 12.1 Å². The van der Waals surface area contributed by atoms with Gasteiger partial charge in [0.25, 0.3) is 11.8 Å². The number of fused-ring (bicyclic) bond motifs is 1. The van der Waals surface area contributed by atoms with Crippen molar-refractivity contribution < 1.29 is 19.4 Å². The fourth-order valence-corrected chi connectivity index (χ4v) is 3.62. The molecule has 0 saturated heterocycles. The van der Waals surface area contributed by atoms with Gasteiger partial charge in [-0.2, -0.15) is 0 Å². The number of carbonyl (C=O) groups is 2. The standard InChI is InChI=1S/C22H17Cl2N3O4/c23-14-7-10-19(17(24)11-14)31-12-20(29)26-27-21(13-5-8-15(28)9-6-13)25-18-4-2-1-3-16(18)22(27)30/h1-11,21,25,28H,12H2,(H,26,29). The van der Waals surface area contributed by atoms with Crippen molar-refractivity contribution in [3.63, 3.8) is 0 Å². The average Bonchev–Trinajstić information content (AvgIpc) is 2.75. The number of phenolic OH excluding ortho intramolecular Hbond substituents is 1. The lowest BCUT2D eigenvalue weighted by Crippen LogP contribution is -2.53. The first kappa shape index (κ1) is 20.8. The first-order valence-electron chi connectivity index (χ1n) is 9.28. The average molecular weight is 458 g/mol. The van der Waals surface area contributed by atoms with Gasteiger partial charge in [-0.25, -0.2) is 5.01 Å². The Morgan fingerprint density at radius 1 is 1.10 bits per heavy atom. The quantitative estimate of drug-likeness (QED) is 0.528. The maximum absolute atomic E-state index is 13.1. The van der Waals surface area contributed by atoms with Crippen LogP contribution in [0.4, 0.5) is 5.69 Å². The van der Waals surface area contributed by atoms with Crippen molar-refractivity contribution in [2.45, 2.75) is 6.17 Å². The zero-order valence-corrected chi connectivity index (χ0v) is 17.5. The van der Waals surface area contributed by atoms with Crippen molar-refractivity contribution in [3.8, 4) is 11.5 Å². The Morgan fingerprint density at radius 3 is 2.58 bits per heavy atom. The van der Waals surface area contributed by atoms with Crippen molar-refractivity contribution in [3.05, 3.63) is 87.9 Å². The molecule has 0 aromatic heterocycles. The molecule has 0 spiro atoms. The Hall–Kier alpha value is -3.42. The Morgan fingerprint density at radius 2 is 1.84 bits per heavy atom. The summed E-state index contributed by atoms with van der Waals surface area (Å²) in [5.74, 6) is -0.547. The fourth-order valence-electron chi connectivity index (χ4n) is 3.16. The highest BCUT2D eigenvalue weighted by Gasteiger charge is 2.34. The van der Waals surface area contributed by atoms with Crippen LogP contribution in [-0.2, 0) is 4.79 Å². The highest BCUT2D eigenvalue weighted by Crippen LogP contribution is 2.32. The molecule has 3 N–H and O–H groups in total. The van der Waals surface area contributed by atoms with Crippen LogP contribution in [0.5, 0.6) is 11.5 Å². The molecule has 0 saturated carbocycles. The molecule has 2 amide bonds. The van der Waals surface area contributed by atoms with Crippen LogP contribution in [0.15, 0.2) is 66.7 Å². The van der Waals surface area contributed by atoms with Crippen LogP contribution in [0, 0.1) is 0 Å². The Balaban J connectivity index is 1.55. The summed E-state index contributed by atoms with van der Waals surface area (Å²) in [6, 6.07) is 18.0. The summed E-state index contributed by atoms with van der Waals surface area (Å²) < 4.78 is 5.46. The van der Waals surface area contributed by atoms with Gasteiger partial charge in [0.05, 0.1) is 10.6 Å². The number of para-hydroxylation sites is 1. The summed E-state index contributed by atoms with van der Waals surface area (Å²) in [5, 5.41) is 14.7. The van der Waals surface area contributed by atoms with Crippen LogP contribution < -0.4 is 15.5 Å². The zero-order chi connectivity index (χ0) is 22.0. The van der Waals surface area contributed by atoms with Gasteiger partial charge in [-0.3, -0.25) is 15.0 Å². The molecule has 7 nitrogen and oxygen atoms in total. The fraction of sp³-hybridized carbons (Fsp3) is 0.0909. The molecule has 1 heterocycles. The Labute approximate surface area is 188 Å². The van der Waals surface area contributed by atoms with E-state index in [9.17, 15) is 14.7 Å². The molecule has 1 unspecified atom stereocenters. The predicted octanol–water partition coefficient (Wildman–Crippen LogP) is 4.38. The number of carbonyl (C=O) groups excluding carboxylic acids is 2. The van der Waals surface area contributed by atoms with Gasteiger partial charge in [-0.1, -0.05) is 47.5 Å². The Kier molecular flexibility index (Phi) is 5.88. The molecule has 1 atom stereocenters. The van der Waals surface area contributed by atoms with Gasteiger partial charge in [-0.15, -0.1) is 0 Å². The van der Waals surface area contributed by atoms with E-state index >= 15 is 0 Å². The number of rotatable bonds is 5. The number of nitrogens with zero attached hydrogens (tertiary/aromatic N) is 1. The van der Waals surface area contributed by atoms with Gasteiger partial charge in [-0.05, 0) is 48.0 Å². The second-order valence-electron chi connectivity index (χ2n) is 6.76. The van der Waals surface area contributed by atoms with E-state index in [1.165, 1.54) is 23.2 Å². The number of halogens is 2. The van der Waals surface area contributed by atoms with Crippen molar-refractivity contribution in [2.75, 3.05) is 11.9 Å².